The van der Waals surface area contributed by atoms with E-state index in [-0.39, 0.29) is 16.5 Å². The van der Waals surface area contributed by atoms with E-state index < -0.39 is 15.8 Å². The number of carbonyl (C=O) groups excluding carboxylic acids is 1. The summed E-state index contributed by atoms with van der Waals surface area (Å²) in [7, 11) is -3.86. The van der Waals surface area contributed by atoms with Gasteiger partial charge in [-0.2, -0.15) is 0 Å². The van der Waals surface area contributed by atoms with E-state index in [0.29, 0.717) is 17.0 Å². The Hall–Kier alpha value is -3.98. The van der Waals surface area contributed by atoms with Crippen LogP contribution in [0.5, 0.6) is 0 Å². The van der Waals surface area contributed by atoms with Gasteiger partial charge in [0.15, 0.2) is 12.2 Å². The second-order valence-electron chi connectivity index (χ2n) is 6.53. The number of amides is 1. The highest BCUT2D eigenvalue weighted by molar-refractivity contribution is 7.92. The quantitative estimate of drug-likeness (QED) is 0.461. The molecule has 0 aliphatic carbocycles. The predicted octanol–water partition coefficient (Wildman–Crippen LogP) is 4.53. The van der Waals surface area contributed by atoms with Gasteiger partial charge in [0.2, 0.25) is 0 Å². The van der Waals surface area contributed by atoms with Crippen molar-refractivity contribution < 1.29 is 22.0 Å². The monoisotopic (exact) mass is 437 g/mol. The van der Waals surface area contributed by atoms with Crippen molar-refractivity contribution in [2.45, 2.75) is 4.90 Å². The van der Waals surface area contributed by atoms with E-state index in [1.165, 1.54) is 42.8 Å². The van der Waals surface area contributed by atoms with Crippen LogP contribution in [0.1, 0.15) is 10.4 Å². The van der Waals surface area contributed by atoms with Crippen LogP contribution in [0.25, 0.3) is 11.3 Å². The summed E-state index contributed by atoms with van der Waals surface area (Å²) in [5.74, 6) is -0.251. The van der Waals surface area contributed by atoms with Gasteiger partial charge in [0.1, 0.15) is 5.82 Å². The Morgan fingerprint density at radius 2 is 1.52 bits per heavy atom. The molecule has 1 amide bonds. The highest BCUT2D eigenvalue weighted by Crippen LogP contribution is 2.22. The first-order chi connectivity index (χ1) is 14.9. The number of carbonyl (C=O) groups is 1. The molecule has 0 bridgehead atoms. The summed E-state index contributed by atoms with van der Waals surface area (Å²) in [6, 6.07) is 17.5. The molecular formula is C22H16FN3O4S. The average molecular weight is 437 g/mol. The number of oxazole rings is 1. The lowest BCUT2D eigenvalue weighted by atomic mass is 10.1. The summed E-state index contributed by atoms with van der Waals surface area (Å²) >= 11 is 0. The first-order valence-electron chi connectivity index (χ1n) is 9.09. The van der Waals surface area contributed by atoms with Gasteiger partial charge in [-0.3, -0.25) is 9.52 Å². The molecule has 0 saturated carbocycles. The number of nitrogens with one attached hydrogen (secondary N) is 2. The number of sulfonamides is 1. The fraction of sp³-hybridized carbons (Fsp3) is 0. The van der Waals surface area contributed by atoms with Gasteiger partial charge in [-0.05, 0) is 72.8 Å². The van der Waals surface area contributed by atoms with Crippen molar-refractivity contribution in [1.29, 1.82) is 0 Å². The normalized spacial score (nSPS) is 11.1. The van der Waals surface area contributed by atoms with Crippen molar-refractivity contribution in [3.8, 4) is 11.3 Å². The third-order valence-electron chi connectivity index (χ3n) is 4.38. The van der Waals surface area contributed by atoms with Crippen LogP contribution in [0.3, 0.4) is 0 Å². The minimum Gasteiger partial charge on any atom is -0.444 e. The number of nitrogens with zero attached hydrogens (tertiary/aromatic N) is 1. The van der Waals surface area contributed by atoms with Crippen LogP contribution in [0, 0.1) is 5.82 Å². The number of anilines is 2. The molecule has 1 heterocycles. The van der Waals surface area contributed by atoms with Crippen LogP contribution in [0.15, 0.2) is 94.7 Å². The molecule has 7 nitrogen and oxygen atoms in total. The Bertz CT molecular complexity index is 1290. The maximum Gasteiger partial charge on any atom is 0.261 e. The van der Waals surface area contributed by atoms with Crippen molar-refractivity contribution in [2.24, 2.45) is 0 Å². The molecule has 0 spiro atoms. The fourth-order valence-electron chi connectivity index (χ4n) is 2.80. The van der Waals surface area contributed by atoms with E-state index in [2.05, 4.69) is 15.0 Å². The first kappa shape index (κ1) is 20.3. The van der Waals surface area contributed by atoms with Gasteiger partial charge < -0.3 is 9.73 Å². The van der Waals surface area contributed by atoms with Gasteiger partial charge in [-0.25, -0.2) is 17.8 Å². The Morgan fingerprint density at radius 1 is 0.871 bits per heavy atom. The van der Waals surface area contributed by atoms with Gasteiger partial charge in [-0.1, -0.05) is 0 Å². The summed E-state index contributed by atoms with van der Waals surface area (Å²) in [4.78, 5) is 16.3. The van der Waals surface area contributed by atoms with E-state index in [1.54, 1.807) is 30.5 Å². The Kier molecular flexibility index (Phi) is 5.50. The molecule has 3 aromatic carbocycles. The fourth-order valence-corrected chi connectivity index (χ4v) is 3.86. The van der Waals surface area contributed by atoms with Gasteiger partial charge in [-0.15, -0.1) is 0 Å². The van der Waals surface area contributed by atoms with Crippen LogP contribution in [-0.2, 0) is 10.0 Å². The van der Waals surface area contributed by atoms with Crippen molar-refractivity contribution >= 4 is 27.3 Å². The third-order valence-corrected chi connectivity index (χ3v) is 5.78. The molecule has 31 heavy (non-hydrogen) atoms. The zero-order valence-corrected chi connectivity index (χ0v) is 16.8. The van der Waals surface area contributed by atoms with Gasteiger partial charge >= 0.3 is 0 Å². The number of hydrogen-bond acceptors (Lipinski definition) is 5. The maximum atomic E-state index is 13.0. The van der Waals surface area contributed by atoms with Gasteiger partial charge in [0.25, 0.3) is 15.9 Å². The lowest BCUT2D eigenvalue weighted by molar-refractivity contribution is 0.102. The van der Waals surface area contributed by atoms with Crippen LogP contribution in [0.4, 0.5) is 15.8 Å². The molecule has 0 unspecified atom stereocenters. The van der Waals surface area contributed by atoms with E-state index in [1.807, 2.05) is 0 Å². The van der Waals surface area contributed by atoms with Crippen LogP contribution in [-0.4, -0.2) is 19.3 Å². The second-order valence-corrected chi connectivity index (χ2v) is 8.22. The molecule has 0 aliphatic heterocycles. The number of halogens is 1. The molecule has 2 N–H and O–H groups in total. The molecule has 0 saturated heterocycles. The van der Waals surface area contributed by atoms with E-state index >= 15 is 0 Å². The van der Waals surface area contributed by atoms with E-state index in [4.69, 9.17) is 4.42 Å². The Morgan fingerprint density at radius 3 is 2.13 bits per heavy atom. The minimum absolute atomic E-state index is 0.0653. The molecule has 9 heteroatoms. The summed E-state index contributed by atoms with van der Waals surface area (Å²) < 4.78 is 45.3. The zero-order chi connectivity index (χ0) is 21.8. The van der Waals surface area contributed by atoms with Crippen LogP contribution in [0.2, 0.25) is 0 Å². The molecule has 4 aromatic rings. The average Bonchev–Trinajstić information content (AvgIpc) is 3.30. The SMILES string of the molecule is O=C(Nc1ccc(-c2cnco2)cc1)c1ccc(NS(=O)(=O)c2ccc(F)cc2)cc1. The lowest BCUT2D eigenvalue weighted by Crippen LogP contribution is -2.14. The molecule has 156 valence electrons. The highest BCUT2D eigenvalue weighted by atomic mass is 32.2. The molecule has 4 rings (SSSR count). The first-order valence-corrected chi connectivity index (χ1v) is 10.6. The number of benzene rings is 3. The lowest BCUT2D eigenvalue weighted by Gasteiger charge is -2.09. The van der Waals surface area contributed by atoms with Crippen molar-refractivity contribution in [3.05, 3.63) is 96.8 Å². The minimum atomic E-state index is -3.86. The van der Waals surface area contributed by atoms with Gasteiger partial charge in [0, 0.05) is 22.5 Å². The summed E-state index contributed by atoms with van der Waals surface area (Å²) in [5.41, 5.74) is 2.05. The van der Waals surface area contributed by atoms with E-state index in [9.17, 15) is 17.6 Å². The summed E-state index contributed by atoms with van der Waals surface area (Å²) in [6.45, 7) is 0. The Balaban J connectivity index is 1.41. The molecule has 0 aliphatic rings. The predicted molar refractivity (Wildman–Crippen MR) is 114 cm³/mol. The number of hydrogen-bond donors (Lipinski definition) is 2. The van der Waals surface area contributed by atoms with Crippen LogP contribution < -0.4 is 10.0 Å². The van der Waals surface area contributed by atoms with Crippen LogP contribution >= 0.6 is 0 Å². The van der Waals surface area contributed by atoms with Gasteiger partial charge in [0.05, 0.1) is 11.1 Å². The largest absolute Gasteiger partial charge is 0.444 e. The smallest absolute Gasteiger partial charge is 0.261 e. The zero-order valence-electron chi connectivity index (χ0n) is 15.9. The van der Waals surface area contributed by atoms with Crippen molar-refractivity contribution in [3.63, 3.8) is 0 Å². The Labute approximate surface area is 177 Å². The van der Waals surface area contributed by atoms with Crippen molar-refractivity contribution in [2.75, 3.05) is 10.0 Å². The molecule has 0 radical (unpaired) electrons. The molecule has 1 aromatic heterocycles. The standard InChI is InChI=1S/C22H16FN3O4S/c23-17-5-11-20(12-6-17)31(28,29)26-19-9-3-16(4-10-19)22(27)25-18-7-1-15(2-8-18)21-13-24-14-30-21/h1-14,26H,(H,25,27). The summed E-state index contributed by atoms with van der Waals surface area (Å²) in [5, 5.41) is 2.77. The third kappa shape index (κ3) is 4.78. The van der Waals surface area contributed by atoms with E-state index in [0.717, 1.165) is 17.7 Å². The molecular weight excluding hydrogens is 421 g/mol. The number of rotatable bonds is 6. The molecule has 0 atom stereocenters. The summed E-state index contributed by atoms with van der Waals surface area (Å²) in [6.07, 6.45) is 2.94. The topological polar surface area (TPSA) is 101 Å². The maximum absolute atomic E-state index is 13.0. The highest BCUT2D eigenvalue weighted by Gasteiger charge is 2.15. The van der Waals surface area contributed by atoms with Crippen molar-refractivity contribution in [1.82, 2.24) is 4.98 Å². The second kappa shape index (κ2) is 8.41. The molecule has 0 fully saturated rings. The number of aromatic nitrogens is 1.